The van der Waals surface area contributed by atoms with E-state index in [9.17, 15) is 4.79 Å². The van der Waals surface area contributed by atoms with Crippen LogP contribution in [0.15, 0.2) is 12.4 Å². The summed E-state index contributed by atoms with van der Waals surface area (Å²) in [5.74, 6) is 0.149. The number of hydrogen-bond donors (Lipinski definition) is 2. The van der Waals surface area contributed by atoms with Crippen molar-refractivity contribution < 1.29 is 4.79 Å². The van der Waals surface area contributed by atoms with Crippen LogP contribution in [0.5, 0.6) is 0 Å². The lowest BCUT2D eigenvalue weighted by atomic mass is 10.1. The minimum Gasteiger partial charge on any atom is -0.367 e. The summed E-state index contributed by atoms with van der Waals surface area (Å²) in [6.45, 7) is 2.45. The van der Waals surface area contributed by atoms with Gasteiger partial charge in [-0.25, -0.2) is 0 Å². The highest BCUT2D eigenvalue weighted by Gasteiger charge is 2.09. The Morgan fingerprint density at radius 1 is 1.58 bits per heavy atom. The zero-order valence-corrected chi connectivity index (χ0v) is 7.48. The van der Waals surface area contributed by atoms with Gasteiger partial charge in [0.25, 0.3) is 0 Å². The molecule has 0 aliphatic heterocycles. The van der Waals surface area contributed by atoms with Crippen LogP contribution in [0.3, 0.4) is 0 Å². The Labute approximate surface area is 72.2 Å². The molecular weight excluding hydrogens is 152 g/mol. The molecule has 0 amide bonds. The summed E-state index contributed by atoms with van der Waals surface area (Å²) >= 11 is 0. The fourth-order valence-corrected chi connectivity index (χ4v) is 1.20. The third-order valence-corrected chi connectivity index (χ3v) is 1.85. The van der Waals surface area contributed by atoms with E-state index in [1.165, 1.54) is 0 Å². The van der Waals surface area contributed by atoms with Gasteiger partial charge in [0.2, 0.25) is 0 Å². The zero-order chi connectivity index (χ0) is 8.97. The monoisotopic (exact) mass is 166 g/mol. The Morgan fingerprint density at radius 2 is 2.33 bits per heavy atom. The third-order valence-electron chi connectivity index (χ3n) is 1.85. The fourth-order valence-electron chi connectivity index (χ4n) is 1.20. The van der Waals surface area contributed by atoms with E-state index in [-0.39, 0.29) is 5.78 Å². The van der Waals surface area contributed by atoms with Gasteiger partial charge < -0.3 is 10.3 Å². The molecular formula is C9H14N2O. The first-order valence-electron chi connectivity index (χ1n) is 4.13. The van der Waals surface area contributed by atoms with Gasteiger partial charge in [0.05, 0.1) is 6.54 Å². The van der Waals surface area contributed by atoms with Crippen LogP contribution in [0.2, 0.25) is 0 Å². The van der Waals surface area contributed by atoms with Crippen molar-refractivity contribution >= 4 is 5.78 Å². The molecule has 0 spiro atoms. The summed E-state index contributed by atoms with van der Waals surface area (Å²) < 4.78 is 0. The van der Waals surface area contributed by atoms with Gasteiger partial charge in [-0.2, -0.15) is 0 Å². The molecule has 1 aromatic heterocycles. The van der Waals surface area contributed by atoms with Crippen LogP contribution >= 0.6 is 0 Å². The number of carbonyl (C=O) groups excluding carboxylic acids is 1. The van der Waals surface area contributed by atoms with Crippen molar-refractivity contribution in [2.75, 3.05) is 13.6 Å². The molecule has 1 rings (SSSR count). The Bertz CT molecular complexity index is 265. The summed E-state index contributed by atoms with van der Waals surface area (Å²) in [7, 11) is 1.77. The molecule has 66 valence electrons. The van der Waals surface area contributed by atoms with Crippen LogP contribution in [0.1, 0.15) is 22.8 Å². The van der Waals surface area contributed by atoms with E-state index >= 15 is 0 Å². The molecule has 1 aromatic rings. The van der Waals surface area contributed by atoms with E-state index in [1.807, 2.05) is 13.1 Å². The van der Waals surface area contributed by atoms with Gasteiger partial charge in [0, 0.05) is 18.0 Å². The van der Waals surface area contributed by atoms with Crippen molar-refractivity contribution in [2.45, 2.75) is 13.3 Å². The SMILES string of the molecule is CCc1c[nH]cc1C(=O)CNC. The summed E-state index contributed by atoms with van der Waals surface area (Å²) in [5.41, 5.74) is 1.90. The Balaban J connectivity index is 2.79. The van der Waals surface area contributed by atoms with Crippen molar-refractivity contribution in [2.24, 2.45) is 0 Å². The van der Waals surface area contributed by atoms with Gasteiger partial charge in [0.15, 0.2) is 5.78 Å². The van der Waals surface area contributed by atoms with Gasteiger partial charge in [-0.05, 0) is 19.0 Å². The number of carbonyl (C=O) groups is 1. The number of rotatable bonds is 4. The maximum Gasteiger partial charge on any atom is 0.178 e. The minimum atomic E-state index is 0.149. The van der Waals surface area contributed by atoms with Gasteiger partial charge in [0.1, 0.15) is 0 Å². The third kappa shape index (κ3) is 1.74. The standard InChI is InChI=1S/C9H14N2O/c1-3-7-4-11-5-8(7)9(12)6-10-2/h4-5,10-11H,3,6H2,1-2H3. The van der Waals surface area contributed by atoms with Crippen molar-refractivity contribution in [1.29, 1.82) is 0 Å². The van der Waals surface area contributed by atoms with Gasteiger partial charge in [-0.15, -0.1) is 0 Å². The molecule has 0 aliphatic carbocycles. The van der Waals surface area contributed by atoms with Crippen LogP contribution in [0, 0.1) is 0 Å². The lowest BCUT2D eigenvalue weighted by molar-refractivity contribution is 0.0993. The molecule has 0 saturated carbocycles. The molecule has 0 fully saturated rings. The lowest BCUT2D eigenvalue weighted by Crippen LogP contribution is -2.18. The number of aromatic amines is 1. The quantitative estimate of drug-likeness (QED) is 0.655. The van der Waals surface area contributed by atoms with E-state index in [0.717, 1.165) is 17.5 Å². The molecule has 0 radical (unpaired) electrons. The first-order valence-corrected chi connectivity index (χ1v) is 4.13. The predicted molar refractivity (Wildman–Crippen MR) is 48.4 cm³/mol. The van der Waals surface area contributed by atoms with Crippen molar-refractivity contribution in [3.8, 4) is 0 Å². The highest BCUT2D eigenvalue weighted by molar-refractivity contribution is 5.98. The van der Waals surface area contributed by atoms with Crippen LogP contribution in [0.25, 0.3) is 0 Å². The first-order chi connectivity index (χ1) is 5.79. The minimum absolute atomic E-state index is 0.149. The van der Waals surface area contributed by atoms with Gasteiger partial charge in [-0.1, -0.05) is 6.92 Å². The summed E-state index contributed by atoms with van der Waals surface area (Å²) in [6.07, 6.45) is 4.54. The van der Waals surface area contributed by atoms with Crippen molar-refractivity contribution in [3.63, 3.8) is 0 Å². The molecule has 1 heterocycles. The van der Waals surface area contributed by atoms with E-state index in [4.69, 9.17) is 0 Å². The number of aryl methyl sites for hydroxylation is 1. The second-order valence-corrected chi connectivity index (χ2v) is 2.70. The predicted octanol–water partition coefficient (Wildman–Crippen LogP) is 0.979. The summed E-state index contributed by atoms with van der Waals surface area (Å²) in [6, 6.07) is 0. The smallest absolute Gasteiger partial charge is 0.178 e. The molecule has 3 nitrogen and oxygen atoms in total. The lowest BCUT2D eigenvalue weighted by Gasteiger charge is -1.98. The van der Waals surface area contributed by atoms with Gasteiger partial charge >= 0.3 is 0 Å². The number of hydrogen-bond acceptors (Lipinski definition) is 2. The number of aromatic nitrogens is 1. The molecule has 3 heteroatoms. The number of nitrogens with one attached hydrogen (secondary N) is 2. The van der Waals surface area contributed by atoms with E-state index in [1.54, 1.807) is 13.2 Å². The maximum absolute atomic E-state index is 11.4. The molecule has 12 heavy (non-hydrogen) atoms. The molecule has 0 unspecified atom stereocenters. The number of ketones is 1. The first kappa shape index (κ1) is 9.00. The van der Waals surface area contributed by atoms with Crippen molar-refractivity contribution in [1.82, 2.24) is 10.3 Å². The summed E-state index contributed by atoms with van der Waals surface area (Å²) in [5, 5.41) is 2.84. The van der Waals surface area contributed by atoms with E-state index in [0.29, 0.717) is 6.54 Å². The largest absolute Gasteiger partial charge is 0.367 e. The molecule has 0 atom stereocenters. The van der Waals surface area contributed by atoms with Crippen molar-refractivity contribution in [3.05, 3.63) is 23.5 Å². The number of H-pyrrole nitrogens is 1. The van der Waals surface area contributed by atoms with Crippen LogP contribution < -0.4 is 5.32 Å². The van der Waals surface area contributed by atoms with E-state index < -0.39 is 0 Å². The Morgan fingerprint density at radius 3 is 2.92 bits per heavy atom. The zero-order valence-electron chi connectivity index (χ0n) is 7.48. The van der Waals surface area contributed by atoms with Crippen LogP contribution in [-0.2, 0) is 6.42 Å². The number of Topliss-reactive ketones (excluding diaryl/α,β-unsaturated/α-hetero) is 1. The second kappa shape index (κ2) is 4.07. The fraction of sp³-hybridized carbons (Fsp3) is 0.444. The highest BCUT2D eigenvalue weighted by Crippen LogP contribution is 2.08. The number of likely N-dealkylation sites (N-methyl/N-ethyl adjacent to an activating group) is 1. The molecule has 0 aromatic carbocycles. The Hall–Kier alpha value is -1.09. The molecule has 0 saturated heterocycles. The normalized spacial score (nSPS) is 10.2. The molecule has 0 bridgehead atoms. The average Bonchev–Trinajstić information content (AvgIpc) is 2.51. The molecule has 0 aliphatic rings. The summed E-state index contributed by atoms with van der Waals surface area (Å²) in [4.78, 5) is 14.3. The van der Waals surface area contributed by atoms with Crippen LogP contribution in [-0.4, -0.2) is 24.4 Å². The highest BCUT2D eigenvalue weighted by atomic mass is 16.1. The second-order valence-electron chi connectivity index (χ2n) is 2.70. The molecule has 2 N–H and O–H groups in total. The Kier molecular flexibility index (Phi) is 3.05. The van der Waals surface area contributed by atoms with Gasteiger partial charge in [-0.3, -0.25) is 4.79 Å². The van der Waals surface area contributed by atoms with E-state index in [2.05, 4.69) is 10.3 Å². The topological polar surface area (TPSA) is 44.9 Å². The average molecular weight is 166 g/mol. The maximum atomic E-state index is 11.4. The van der Waals surface area contributed by atoms with Crippen LogP contribution in [0.4, 0.5) is 0 Å².